The molecule has 0 spiro atoms. The van der Waals surface area contributed by atoms with Crippen molar-refractivity contribution < 1.29 is 4.58 Å². The van der Waals surface area contributed by atoms with Crippen molar-refractivity contribution in [3.05, 3.63) is 119 Å². The summed E-state index contributed by atoms with van der Waals surface area (Å²) in [6, 6.07) is 32.8. The molecule has 0 amide bonds. The maximum absolute atomic E-state index is 2.45. The number of benzene rings is 3. The zero-order chi connectivity index (χ0) is 18.9. The maximum atomic E-state index is 2.45. The summed E-state index contributed by atoms with van der Waals surface area (Å²) in [5.41, 5.74) is 6.53. The van der Waals surface area contributed by atoms with E-state index in [0.717, 1.165) is 0 Å². The highest BCUT2D eigenvalue weighted by atomic mass is 15.0. The molecule has 0 aliphatic heterocycles. The molecule has 1 aliphatic carbocycles. The molecule has 0 saturated carbocycles. The number of hydrogen-bond acceptors (Lipinski definition) is 0. The van der Waals surface area contributed by atoms with Gasteiger partial charge in [-0.25, -0.2) is 4.58 Å². The van der Waals surface area contributed by atoms with Crippen molar-refractivity contribution in [2.24, 2.45) is 0 Å². The third-order valence-electron chi connectivity index (χ3n) is 5.85. The van der Waals surface area contributed by atoms with E-state index in [1.165, 1.54) is 28.0 Å². The predicted molar refractivity (Wildman–Crippen MR) is 113 cm³/mol. The molecule has 3 aromatic rings. The average molecular weight is 353 g/mol. The van der Waals surface area contributed by atoms with Gasteiger partial charge in [-0.05, 0) is 24.1 Å². The quantitative estimate of drug-likeness (QED) is 0.524. The van der Waals surface area contributed by atoms with Crippen LogP contribution in [0.4, 0.5) is 0 Å². The predicted octanol–water partition coefficient (Wildman–Crippen LogP) is 5.78. The lowest BCUT2D eigenvalue weighted by Gasteiger charge is -2.39. The highest BCUT2D eigenvalue weighted by Gasteiger charge is 2.51. The van der Waals surface area contributed by atoms with Gasteiger partial charge < -0.3 is 0 Å². The Bertz CT molecular complexity index is 943. The number of nitrogens with zero attached hydrogens (tertiary/aromatic N) is 1. The van der Waals surface area contributed by atoms with Gasteiger partial charge in [0.15, 0.2) is 11.8 Å². The maximum Gasteiger partial charge on any atom is 0.198 e. The van der Waals surface area contributed by atoms with Crippen LogP contribution < -0.4 is 0 Å². The van der Waals surface area contributed by atoms with E-state index in [1.54, 1.807) is 0 Å². The van der Waals surface area contributed by atoms with Crippen molar-refractivity contribution in [1.29, 1.82) is 0 Å². The fourth-order valence-electron chi connectivity index (χ4n) is 4.41. The molecule has 27 heavy (non-hydrogen) atoms. The molecule has 0 heterocycles. The van der Waals surface area contributed by atoms with E-state index in [0.29, 0.717) is 6.04 Å². The molecule has 0 N–H and O–H groups in total. The van der Waals surface area contributed by atoms with Gasteiger partial charge in [0.25, 0.3) is 0 Å². The molecule has 1 nitrogen and oxygen atoms in total. The third-order valence-corrected chi connectivity index (χ3v) is 5.85. The first-order valence-electron chi connectivity index (χ1n) is 9.60. The lowest BCUT2D eigenvalue weighted by molar-refractivity contribution is -0.542. The molecule has 0 unspecified atom stereocenters. The van der Waals surface area contributed by atoms with Gasteiger partial charge in [0, 0.05) is 18.1 Å². The van der Waals surface area contributed by atoms with Gasteiger partial charge in [-0.2, -0.15) is 0 Å². The Morgan fingerprint density at radius 3 is 1.59 bits per heavy atom. The molecule has 1 atom stereocenters. The van der Waals surface area contributed by atoms with Crippen LogP contribution in [0.25, 0.3) is 0 Å². The second kappa shape index (κ2) is 7.00. The molecule has 4 rings (SSSR count). The first kappa shape index (κ1) is 17.5. The minimum absolute atomic E-state index is 0.190. The Labute approximate surface area is 162 Å². The molecular weight excluding hydrogens is 326 g/mol. The Hall–Kier alpha value is -2.93. The van der Waals surface area contributed by atoms with Gasteiger partial charge in [0.1, 0.15) is 12.5 Å². The lowest BCUT2D eigenvalue weighted by atomic mass is 9.61. The van der Waals surface area contributed by atoms with E-state index in [1.807, 2.05) is 0 Å². The standard InChI is InChI=1S/C26H26N/c1-20-19-26(23-15-9-5-10-16-23,24-17-11-6-12-18-24)25(20)27(3)21(2)22-13-7-4-8-14-22/h4-19,21H,1-3H3/q+1/t21-/m1/s1. The van der Waals surface area contributed by atoms with Crippen LogP contribution in [0.5, 0.6) is 0 Å². The van der Waals surface area contributed by atoms with E-state index in [-0.39, 0.29) is 5.41 Å². The molecule has 0 bridgehead atoms. The highest BCUT2D eigenvalue weighted by Crippen LogP contribution is 2.45. The summed E-state index contributed by atoms with van der Waals surface area (Å²) in [6.07, 6.45) is 2.42. The summed E-state index contributed by atoms with van der Waals surface area (Å²) in [6.45, 7) is 4.52. The normalized spacial score (nSPS) is 18.3. The van der Waals surface area contributed by atoms with Gasteiger partial charge in [-0.3, -0.25) is 0 Å². The zero-order valence-electron chi connectivity index (χ0n) is 16.3. The van der Waals surface area contributed by atoms with Gasteiger partial charge in [0.05, 0.1) is 0 Å². The van der Waals surface area contributed by atoms with E-state index in [2.05, 4.69) is 123 Å². The van der Waals surface area contributed by atoms with Gasteiger partial charge in [0.2, 0.25) is 0 Å². The third kappa shape index (κ3) is 2.84. The fraction of sp³-hybridized carbons (Fsp3) is 0.192. The molecule has 0 radical (unpaired) electrons. The summed E-state index contributed by atoms with van der Waals surface area (Å²) in [7, 11) is 2.23. The summed E-state index contributed by atoms with van der Waals surface area (Å²) in [5.74, 6) is 0. The topological polar surface area (TPSA) is 3.01 Å². The summed E-state index contributed by atoms with van der Waals surface area (Å²) in [5, 5.41) is 0. The second-order valence-electron chi connectivity index (χ2n) is 7.41. The highest BCUT2D eigenvalue weighted by molar-refractivity contribution is 6.15. The average Bonchev–Trinajstić information content (AvgIpc) is 2.73. The molecule has 1 aliphatic rings. The number of allylic oxidation sites excluding steroid dienone is 2. The van der Waals surface area contributed by atoms with E-state index in [9.17, 15) is 0 Å². The fourth-order valence-corrected chi connectivity index (χ4v) is 4.41. The van der Waals surface area contributed by atoms with Crippen LogP contribution >= 0.6 is 0 Å². The summed E-state index contributed by atoms with van der Waals surface area (Å²) >= 11 is 0. The zero-order valence-corrected chi connectivity index (χ0v) is 16.3. The van der Waals surface area contributed by atoms with Gasteiger partial charge in [-0.15, -0.1) is 0 Å². The smallest absolute Gasteiger partial charge is 0.198 e. The summed E-state index contributed by atoms with van der Waals surface area (Å²) < 4.78 is 2.45. The summed E-state index contributed by atoms with van der Waals surface area (Å²) in [4.78, 5) is 0. The molecule has 0 fully saturated rings. The largest absolute Gasteiger partial charge is 0.228 e. The Morgan fingerprint density at radius 2 is 1.15 bits per heavy atom. The van der Waals surface area contributed by atoms with Crippen LogP contribution in [0.1, 0.15) is 36.6 Å². The van der Waals surface area contributed by atoms with Crippen LogP contribution in [-0.4, -0.2) is 17.3 Å². The Kier molecular flexibility index (Phi) is 4.53. The van der Waals surface area contributed by atoms with Crippen molar-refractivity contribution in [3.8, 4) is 0 Å². The van der Waals surface area contributed by atoms with Crippen LogP contribution in [0.15, 0.2) is 103 Å². The molecule has 0 aromatic heterocycles. The Morgan fingerprint density at radius 1 is 0.704 bits per heavy atom. The van der Waals surface area contributed by atoms with Crippen molar-refractivity contribution in [1.82, 2.24) is 0 Å². The first-order chi connectivity index (χ1) is 13.1. The molecule has 3 aromatic carbocycles. The van der Waals surface area contributed by atoms with Crippen LogP contribution in [0.3, 0.4) is 0 Å². The van der Waals surface area contributed by atoms with Crippen LogP contribution in [-0.2, 0) is 5.41 Å². The minimum atomic E-state index is -0.190. The lowest BCUT2D eigenvalue weighted by Crippen LogP contribution is -2.48. The van der Waals surface area contributed by atoms with Crippen molar-refractivity contribution in [2.75, 3.05) is 7.05 Å². The molecular formula is C26H26N+. The SMILES string of the molecule is CC1=CC(c2ccccc2)(c2ccccc2)C1=[N+](C)[C@H](C)c1ccccc1. The molecule has 0 saturated heterocycles. The molecule has 1 heteroatoms. The minimum Gasteiger partial charge on any atom is -0.228 e. The van der Waals surface area contributed by atoms with E-state index < -0.39 is 0 Å². The van der Waals surface area contributed by atoms with E-state index in [4.69, 9.17) is 0 Å². The van der Waals surface area contributed by atoms with Gasteiger partial charge in [-0.1, -0.05) is 91.0 Å². The van der Waals surface area contributed by atoms with Crippen molar-refractivity contribution in [2.45, 2.75) is 25.3 Å². The van der Waals surface area contributed by atoms with E-state index >= 15 is 0 Å². The second-order valence-corrected chi connectivity index (χ2v) is 7.41. The van der Waals surface area contributed by atoms with Crippen LogP contribution in [0, 0.1) is 0 Å². The number of rotatable bonds is 4. The van der Waals surface area contributed by atoms with Crippen molar-refractivity contribution in [3.63, 3.8) is 0 Å². The van der Waals surface area contributed by atoms with Crippen molar-refractivity contribution >= 4 is 5.71 Å². The molecule has 134 valence electrons. The first-order valence-corrected chi connectivity index (χ1v) is 9.60. The van der Waals surface area contributed by atoms with Gasteiger partial charge >= 0.3 is 0 Å². The monoisotopic (exact) mass is 352 g/mol. The van der Waals surface area contributed by atoms with Crippen LogP contribution in [0.2, 0.25) is 0 Å². The number of hydrogen-bond donors (Lipinski definition) is 0. The Balaban J connectivity index is 1.93.